The number of benzene rings is 4. The number of rotatable bonds is 9. The molecule has 0 fully saturated rings. The Hall–Kier alpha value is -4.95. The number of carbonyl (C=O) groups excluding carboxylic acids is 3. The summed E-state index contributed by atoms with van der Waals surface area (Å²) in [7, 11) is 0. The lowest BCUT2D eigenvalue weighted by Crippen LogP contribution is -2.24. The van der Waals surface area contributed by atoms with Crippen LogP contribution in [-0.4, -0.2) is 30.7 Å². The minimum Gasteiger partial charge on any atom is -0.484 e. The summed E-state index contributed by atoms with van der Waals surface area (Å²) in [5.74, 6) is -1.04. The number of esters is 2. The van der Waals surface area contributed by atoms with Gasteiger partial charge in [-0.05, 0) is 54.6 Å². The quantitative estimate of drug-likeness (QED) is 0.137. The van der Waals surface area contributed by atoms with Gasteiger partial charge in [0.25, 0.3) is 5.91 Å². The van der Waals surface area contributed by atoms with Crippen LogP contribution in [0.3, 0.4) is 0 Å². The van der Waals surface area contributed by atoms with Crippen molar-refractivity contribution in [2.45, 2.75) is 0 Å². The van der Waals surface area contributed by atoms with Crippen molar-refractivity contribution in [2.24, 2.45) is 5.10 Å². The lowest BCUT2D eigenvalue weighted by molar-refractivity contribution is -0.123. The zero-order valence-electron chi connectivity index (χ0n) is 19.9. The maximum Gasteiger partial charge on any atom is 0.343 e. The summed E-state index contributed by atoms with van der Waals surface area (Å²) in [6.07, 6.45) is 1.30. The third kappa shape index (κ3) is 7.52. The molecule has 8 nitrogen and oxygen atoms in total. The van der Waals surface area contributed by atoms with Gasteiger partial charge < -0.3 is 14.2 Å². The molecule has 1 amide bonds. The second kappa shape index (κ2) is 12.8. The summed E-state index contributed by atoms with van der Waals surface area (Å²) in [4.78, 5) is 37.3. The molecule has 0 saturated carbocycles. The lowest BCUT2D eigenvalue weighted by Gasteiger charge is -2.10. The molecular formula is C29H21ClN2O6. The maximum absolute atomic E-state index is 12.7. The van der Waals surface area contributed by atoms with Crippen LogP contribution in [0.2, 0.25) is 5.02 Å². The summed E-state index contributed by atoms with van der Waals surface area (Å²) in [5.41, 5.74) is 3.39. The van der Waals surface area contributed by atoms with Gasteiger partial charge in [-0.3, -0.25) is 4.79 Å². The third-order valence-corrected chi connectivity index (χ3v) is 5.21. The summed E-state index contributed by atoms with van der Waals surface area (Å²) < 4.78 is 16.4. The molecule has 0 bridgehead atoms. The average molecular weight is 529 g/mol. The molecule has 0 aliphatic rings. The van der Waals surface area contributed by atoms with Gasteiger partial charge in [0.1, 0.15) is 17.2 Å². The van der Waals surface area contributed by atoms with Crippen LogP contribution in [0.1, 0.15) is 26.3 Å². The monoisotopic (exact) mass is 528 g/mol. The molecule has 0 spiro atoms. The number of hydrogen-bond donors (Lipinski definition) is 1. The van der Waals surface area contributed by atoms with E-state index in [2.05, 4.69) is 10.5 Å². The number of halogens is 1. The molecule has 190 valence electrons. The third-order valence-electron chi connectivity index (χ3n) is 4.98. The zero-order valence-corrected chi connectivity index (χ0v) is 20.6. The van der Waals surface area contributed by atoms with E-state index in [0.29, 0.717) is 27.5 Å². The van der Waals surface area contributed by atoms with Crippen LogP contribution in [0.15, 0.2) is 108 Å². The lowest BCUT2D eigenvalue weighted by atomic mass is 10.2. The summed E-state index contributed by atoms with van der Waals surface area (Å²) in [6.45, 7) is -0.290. The van der Waals surface area contributed by atoms with Crippen LogP contribution >= 0.6 is 11.6 Å². The molecule has 1 N–H and O–H groups in total. The van der Waals surface area contributed by atoms with Crippen LogP contribution in [0.25, 0.3) is 0 Å². The largest absolute Gasteiger partial charge is 0.484 e. The Balaban J connectivity index is 1.47. The highest BCUT2D eigenvalue weighted by atomic mass is 35.5. The van der Waals surface area contributed by atoms with Crippen LogP contribution in [0, 0.1) is 0 Å². The second-order valence-corrected chi connectivity index (χ2v) is 8.19. The van der Waals surface area contributed by atoms with Crippen LogP contribution in [0.5, 0.6) is 17.2 Å². The highest BCUT2D eigenvalue weighted by Gasteiger charge is 2.15. The first-order valence-corrected chi connectivity index (χ1v) is 11.7. The zero-order chi connectivity index (χ0) is 26.7. The fraction of sp³-hybridized carbons (Fsp3) is 0.0345. The van der Waals surface area contributed by atoms with E-state index in [4.69, 9.17) is 25.8 Å². The molecule has 9 heteroatoms. The van der Waals surface area contributed by atoms with Crippen LogP contribution in [-0.2, 0) is 4.79 Å². The summed E-state index contributed by atoms with van der Waals surface area (Å²) >= 11 is 5.90. The van der Waals surface area contributed by atoms with E-state index in [0.717, 1.165) is 0 Å². The Labute approximate surface area is 223 Å². The molecule has 4 aromatic rings. The van der Waals surface area contributed by atoms with Crippen molar-refractivity contribution in [1.82, 2.24) is 5.43 Å². The minimum atomic E-state index is -0.620. The van der Waals surface area contributed by atoms with Crippen molar-refractivity contribution >= 4 is 35.7 Å². The number of nitrogens with zero attached hydrogens (tertiary/aromatic N) is 1. The van der Waals surface area contributed by atoms with Gasteiger partial charge in [-0.25, -0.2) is 15.0 Å². The number of ether oxygens (including phenoxy) is 3. The van der Waals surface area contributed by atoms with Gasteiger partial charge >= 0.3 is 11.9 Å². The number of hydrazone groups is 1. The number of hydrogen-bond acceptors (Lipinski definition) is 7. The van der Waals surface area contributed by atoms with Crippen molar-refractivity contribution in [3.63, 3.8) is 0 Å². The molecule has 0 aliphatic carbocycles. The first-order chi connectivity index (χ1) is 18.5. The van der Waals surface area contributed by atoms with Crippen molar-refractivity contribution in [3.05, 3.63) is 125 Å². The Bertz CT molecular complexity index is 1460. The molecule has 4 aromatic carbocycles. The Kier molecular flexibility index (Phi) is 8.83. The predicted octanol–water partition coefficient (Wildman–Crippen LogP) is 5.31. The molecular weight excluding hydrogens is 508 g/mol. The smallest absolute Gasteiger partial charge is 0.343 e. The van der Waals surface area contributed by atoms with Gasteiger partial charge in [0, 0.05) is 16.7 Å². The molecule has 0 unspecified atom stereocenters. The van der Waals surface area contributed by atoms with Gasteiger partial charge in [-0.1, -0.05) is 54.1 Å². The summed E-state index contributed by atoms with van der Waals surface area (Å²) in [5, 5.41) is 4.40. The van der Waals surface area contributed by atoms with E-state index in [-0.39, 0.29) is 18.1 Å². The van der Waals surface area contributed by atoms with E-state index in [9.17, 15) is 14.4 Å². The van der Waals surface area contributed by atoms with Gasteiger partial charge in [-0.15, -0.1) is 0 Å². The molecule has 0 radical (unpaired) electrons. The predicted molar refractivity (Wildman–Crippen MR) is 142 cm³/mol. The van der Waals surface area contributed by atoms with Gasteiger partial charge in [0.05, 0.1) is 17.3 Å². The Morgan fingerprint density at radius 1 is 0.737 bits per heavy atom. The highest BCUT2D eigenvalue weighted by Crippen LogP contribution is 2.26. The van der Waals surface area contributed by atoms with Crippen molar-refractivity contribution in [1.29, 1.82) is 0 Å². The molecule has 0 aromatic heterocycles. The Morgan fingerprint density at radius 3 is 2.05 bits per heavy atom. The molecule has 38 heavy (non-hydrogen) atoms. The first-order valence-electron chi connectivity index (χ1n) is 11.4. The first kappa shape index (κ1) is 26.1. The van der Waals surface area contributed by atoms with E-state index in [1.54, 1.807) is 91.0 Å². The number of carbonyl (C=O) groups is 3. The van der Waals surface area contributed by atoms with Crippen LogP contribution < -0.4 is 19.6 Å². The maximum atomic E-state index is 12.7. The molecule has 0 aliphatic heterocycles. The van der Waals surface area contributed by atoms with Crippen LogP contribution in [0.4, 0.5) is 0 Å². The number of nitrogens with one attached hydrogen (secondary N) is 1. The highest BCUT2D eigenvalue weighted by molar-refractivity contribution is 6.30. The molecule has 0 saturated heterocycles. The topological polar surface area (TPSA) is 103 Å². The van der Waals surface area contributed by atoms with Gasteiger partial charge in [0.15, 0.2) is 6.61 Å². The van der Waals surface area contributed by atoms with E-state index in [1.807, 2.05) is 0 Å². The normalized spacial score (nSPS) is 10.6. The van der Waals surface area contributed by atoms with Crippen molar-refractivity contribution < 1.29 is 28.6 Å². The standard InChI is InChI=1S/C29H21ClN2O6/c30-23-12-7-13-24(16-23)36-19-27(33)32-31-18-22-14-15-25(37-28(34)20-8-3-1-4-9-20)17-26(22)38-29(35)21-10-5-2-6-11-21/h1-18H,19H2,(H,32,33)/b31-18+. The van der Waals surface area contributed by atoms with Crippen molar-refractivity contribution in [3.8, 4) is 17.2 Å². The van der Waals surface area contributed by atoms with Gasteiger partial charge in [0.2, 0.25) is 0 Å². The SMILES string of the molecule is O=C(COc1cccc(Cl)c1)N/N=C/c1ccc(OC(=O)c2ccccc2)cc1OC(=O)c1ccccc1. The van der Waals surface area contributed by atoms with Gasteiger partial charge in [-0.2, -0.15) is 5.10 Å². The molecule has 4 rings (SSSR count). The fourth-order valence-electron chi connectivity index (χ4n) is 3.16. The second-order valence-electron chi connectivity index (χ2n) is 7.75. The molecule has 0 heterocycles. The van der Waals surface area contributed by atoms with Crippen molar-refractivity contribution in [2.75, 3.05) is 6.61 Å². The fourth-order valence-corrected chi connectivity index (χ4v) is 3.34. The van der Waals surface area contributed by atoms with E-state index in [1.165, 1.54) is 18.3 Å². The Morgan fingerprint density at radius 2 is 1.39 bits per heavy atom. The summed E-state index contributed by atoms with van der Waals surface area (Å²) in [6, 6.07) is 28.0. The average Bonchev–Trinajstić information content (AvgIpc) is 2.94. The van der Waals surface area contributed by atoms with E-state index < -0.39 is 17.8 Å². The van der Waals surface area contributed by atoms with E-state index >= 15 is 0 Å². The number of amides is 1. The molecule has 0 atom stereocenters. The minimum absolute atomic E-state index is 0.0744.